The minimum Gasteiger partial charge on any atom is -0.264 e. The number of hydrazine groups is 2. The van der Waals surface area contributed by atoms with Crippen molar-refractivity contribution in [3.05, 3.63) is 27.3 Å². The van der Waals surface area contributed by atoms with Gasteiger partial charge in [0.2, 0.25) is 0 Å². The lowest BCUT2D eigenvalue weighted by molar-refractivity contribution is 0.216. The minimum absolute atomic E-state index is 0.429. The average Bonchev–Trinajstić information content (AvgIpc) is 2.27. The van der Waals surface area contributed by atoms with Gasteiger partial charge in [0.1, 0.15) is 6.67 Å². The molecule has 0 aliphatic heterocycles. The summed E-state index contributed by atoms with van der Waals surface area (Å²) in [4.78, 5) is 11.5. The molecular weight excluding hydrogens is 326 g/mol. The number of nitrogens with two attached hydrogens (primary N) is 2. The van der Waals surface area contributed by atoms with Crippen LogP contribution in [0.2, 0.25) is 0 Å². The van der Waals surface area contributed by atoms with Gasteiger partial charge in [-0.2, -0.15) is 0 Å². The fourth-order valence-corrected chi connectivity index (χ4v) is 1.89. The summed E-state index contributed by atoms with van der Waals surface area (Å²) < 4.78 is 13.2. The zero-order valence-corrected chi connectivity index (χ0v) is 10.8. The smallest absolute Gasteiger partial charge is 0.264 e. The van der Waals surface area contributed by atoms with Gasteiger partial charge in [-0.25, -0.2) is 25.9 Å². The van der Waals surface area contributed by atoms with E-state index in [4.69, 9.17) is 11.7 Å². The molecule has 0 aliphatic carbocycles. The number of carbonyl (C=O) groups is 1. The van der Waals surface area contributed by atoms with Crippen molar-refractivity contribution in [1.29, 1.82) is 0 Å². The number of carbonyl (C=O) groups excluding carboxylic acids is 1. The van der Waals surface area contributed by atoms with Crippen molar-refractivity contribution in [3.63, 3.8) is 0 Å². The first-order valence-electron chi connectivity index (χ1n) is 4.39. The summed E-state index contributed by atoms with van der Waals surface area (Å²) >= 11 is 1.94. The Kier molecular flexibility index (Phi) is 4.44. The van der Waals surface area contributed by atoms with Crippen LogP contribution in [0, 0.1) is 3.57 Å². The number of nitrogens with zero attached hydrogens (tertiary/aromatic N) is 2. The molecule has 1 aromatic carbocycles. The van der Waals surface area contributed by atoms with Crippen molar-refractivity contribution in [1.82, 2.24) is 5.01 Å². The monoisotopic (exact) mass is 338 g/mol. The van der Waals surface area contributed by atoms with Crippen LogP contribution < -0.4 is 16.7 Å². The van der Waals surface area contributed by atoms with Gasteiger partial charge < -0.3 is 0 Å². The molecule has 0 fully saturated rings. The van der Waals surface area contributed by atoms with Gasteiger partial charge in [-0.3, -0.25) is 5.01 Å². The number of benzene rings is 1. The number of urea groups is 1. The molecule has 2 amide bonds. The summed E-state index contributed by atoms with van der Waals surface area (Å²) in [5, 5.41) is 1.75. The molecule has 0 saturated carbocycles. The Morgan fingerprint density at radius 1 is 1.50 bits per heavy atom. The zero-order chi connectivity index (χ0) is 12.3. The van der Waals surface area contributed by atoms with Crippen LogP contribution >= 0.6 is 22.6 Å². The van der Waals surface area contributed by atoms with Gasteiger partial charge >= 0.3 is 6.03 Å². The normalized spacial score (nSPS) is 10.1. The Bertz CT molecular complexity index is 399. The molecule has 88 valence electrons. The third kappa shape index (κ3) is 2.60. The van der Waals surface area contributed by atoms with E-state index in [1.54, 1.807) is 18.2 Å². The predicted molar refractivity (Wildman–Crippen MR) is 68.0 cm³/mol. The second kappa shape index (κ2) is 5.41. The van der Waals surface area contributed by atoms with Crippen LogP contribution in [0.3, 0.4) is 0 Å². The van der Waals surface area contributed by atoms with E-state index in [0.29, 0.717) is 14.8 Å². The first-order chi connectivity index (χ1) is 7.49. The molecule has 0 spiro atoms. The Hall–Kier alpha value is -0.930. The molecule has 0 aliphatic rings. The van der Waals surface area contributed by atoms with E-state index in [0.717, 1.165) is 10.0 Å². The van der Waals surface area contributed by atoms with E-state index in [2.05, 4.69) is 0 Å². The van der Waals surface area contributed by atoms with Crippen molar-refractivity contribution in [2.75, 3.05) is 12.1 Å². The Labute approximate surface area is 106 Å². The number of alkyl halides is 1. The molecule has 7 heteroatoms. The molecular formula is C9H12FIN4O. The van der Waals surface area contributed by atoms with Crippen molar-refractivity contribution >= 4 is 34.3 Å². The number of halogens is 2. The lowest BCUT2D eigenvalue weighted by atomic mass is 10.2. The molecule has 16 heavy (non-hydrogen) atoms. The zero-order valence-electron chi connectivity index (χ0n) is 8.65. The van der Waals surface area contributed by atoms with Crippen LogP contribution in [0.1, 0.15) is 5.56 Å². The first kappa shape index (κ1) is 13.1. The third-order valence-corrected chi connectivity index (χ3v) is 3.22. The number of rotatable bonds is 2. The molecule has 0 radical (unpaired) electrons. The van der Waals surface area contributed by atoms with E-state index >= 15 is 0 Å². The van der Waals surface area contributed by atoms with E-state index < -0.39 is 12.7 Å². The standard InChI is InChI=1S/C9H12FIN4O/c1-14(12)9(16)15(13)7-4-2-3-6(5-10)8(7)11/h2-4H,5,12-13H2,1H3. The SMILES string of the molecule is CN(N)C(=O)N(N)c1cccc(CF)c1I. The van der Waals surface area contributed by atoms with Gasteiger partial charge in [0.05, 0.1) is 5.69 Å². The third-order valence-electron chi connectivity index (χ3n) is 1.97. The van der Waals surface area contributed by atoms with Crippen LogP contribution in [0.25, 0.3) is 0 Å². The van der Waals surface area contributed by atoms with Gasteiger partial charge in [0.25, 0.3) is 0 Å². The number of amides is 2. The van der Waals surface area contributed by atoms with Crippen LogP contribution in [0.4, 0.5) is 14.9 Å². The fourth-order valence-electron chi connectivity index (χ4n) is 1.13. The predicted octanol–water partition coefficient (Wildman–Crippen LogP) is 1.37. The quantitative estimate of drug-likeness (QED) is 0.370. The maximum absolute atomic E-state index is 12.6. The van der Waals surface area contributed by atoms with Gasteiger partial charge in [0.15, 0.2) is 0 Å². The lowest BCUT2D eigenvalue weighted by Crippen LogP contribution is -2.48. The van der Waals surface area contributed by atoms with Crippen LogP contribution in [0.5, 0.6) is 0 Å². The van der Waals surface area contributed by atoms with E-state index in [9.17, 15) is 9.18 Å². The molecule has 0 saturated heterocycles. The maximum Gasteiger partial charge on any atom is 0.352 e. The molecule has 0 atom stereocenters. The number of anilines is 1. The van der Waals surface area contributed by atoms with Crippen LogP contribution in [0.15, 0.2) is 18.2 Å². The molecule has 5 nitrogen and oxygen atoms in total. The van der Waals surface area contributed by atoms with Crippen LogP contribution in [-0.4, -0.2) is 18.1 Å². The summed E-state index contributed by atoms with van der Waals surface area (Å²) in [6, 6.07) is 4.32. The average molecular weight is 338 g/mol. The molecule has 0 aromatic heterocycles. The molecule has 1 aromatic rings. The van der Waals surface area contributed by atoms with Crippen molar-refractivity contribution in [2.24, 2.45) is 11.7 Å². The number of hydrogen-bond acceptors (Lipinski definition) is 3. The second-order valence-corrected chi connectivity index (χ2v) is 4.23. The molecule has 1 rings (SSSR count). The van der Waals surface area contributed by atoms with Crippen molar-refractivity contribution in [2.45, 2.75) is 6.67 Å². The Balaban J connectivity index is 3.09. The van der Waals surface area contributed by atoms with Crippen molar-refractivity contribution in [3.8, 4) is 0 Å². The van der Waals surface area contributed by atoms with E-state index in [-0.39, 0.29) is 0 Å². The highest BCUT2D eigenvalue weighted by Crippen LogP contribution is 2.25. The van der Waals surface area contributed by atoms with E-state index in [1.165, 1.54) is 7.05 Å². The maximum atomic E-state index is 12.6. The highest BCUT2D eigenvalue weighted by molar-refractivity contribution is 14.1. The van der Waals surface area contributed by atoms with Gasteiger partial charge in [-0.1, -0.05) is 12.1 Å². The Morgan fingerprint density at radius 2 is 2.12 bits per heavy atom. The van der Waals surface area contributed by atoms with Gasteiger partial charge in [0, 0.05) is 10.6 Å². The molecule has 0 bridgehead atoms. The highest BCUT2D eigenvalue weighted by Gasteiger charge is 2.17. The fraction of sp³-hybridized carbons (Fsp3) is 0.222. The Morgan fingerprint density at radius 3 is 2.62 bits per heavy atom. The summed E-state index contributed by atoms with van der Waals surface area (Å²) in [6.45, 7) is -0.605. The summed E-state index contributed by atoms with van der Waals surface area (Å²) in [7, 11) is 1.38. The van der Waals surface area contributed by atoms with Crippen LogP contribution in [-0.2, 0) is 6.67 Å². The minimum atomic E-state index is -0.605. The lowest BCUT2D eigenvalue weighted by Gasteiger charge is -2.22. The first-order valence-corrected chi connectivity index (χ1v) is 5.47. The summed E-state index contributed by atoms with van der Waals surface area (Å²) in [6.07, 6.45) is 0. The molecule has 0 heterocycles. The molecule has 4 N–H and O–H groups in total. The topological polar surface area (TPSA) is 75.6 Å². The van der Waals surface area contributed by atoms with Crippen molar-refractivity contribution < 1.29 is 9.18 Å². The molecule has 0 unspecified atom stereocenters. The largest absolute Gasteiger partial charge is 0.352 e. The number of hydrogen-bond donors (Lipinski definition) is 2. The van der Waals surface area contributed by atoms with Gasteiger partial charge in [-0.05, 0) is 34.2 Å². The summed E-state index contributed by atoms with van der Waals surface area (Å²) in [5.74, 6) is 10.9. The highest BCUT2D eigenvalue weighted by atomic mass is 127. The van der Waals surface area contributed by atoms with E-state index in [1.807, 2.05) is 22.6 Å². The summed E-state index contributed by atoms with van der Waals surface area (Å²) in [5.41, 5.74) is 0.916. The second-order valence-electron chi connectivity index (χ2n) is 3.15. The van der Waals surface area contributed by atoms with Gasteiger partial charge in [-0.15, -0.1) is 0 Å².